The minimum Gasteiger partial charge on any atom is -0.397 e. The van der Waals surface area contributed by atoms with E-state index in [1.807, 2.05) is 6.07 Å². The van der Waals surface area contributed by atoms with Crippen LogP contribution in [0, 0.1) is 0 Å². The van der Waals surface area contributed by atoms with Crippen LogP contribution < -0.4 is 16.4 Å². The SMILES string of the molecule is NCC(=O)c1ccc(N2CCOCC2)c(N)c1. The highest BCUT2D eigenvalue weighted by atomic mass is 16.5. The number of benzene rings is 1. The molecule has 4 N–H and O–H groups in total. The number of nitrogens with zero attached hydrogens (tertiary/aromatic N) is 1. The predicted molar refractivity (Wildman–Crippen MR) is 67.3 cm³/mol. The van der Waals surface area contributed by atoms with E-state index in [0.717, 1.165) is 18.8 Å². The Morgan fingerprint density at radius 3 is 2.65 bits per heavy atom. The van der Waals surface area contributed by atoms with Crippen molar-refractivity contribution in [2.45, 2.75) is 0 Å². The van der Waals surface area contributed by atoms with Gasteiger partial charge < -0.3 is 21.1 Å². The van der Waals surface area contributed by atoms with Crippen LogP contribution >= 0.6 is 0 Å². The van der Waals surface area contributed by atoms with Crippen molar-refractivity contribution in [3.8, 4) is 0 Å². The monoisotopic (exact) mass is 235 g/mol. The molecule has 1 aromatic carbocycles. The summed E-state index contributed by atoms with van der Waals surface area (Å²) in [5.74, 6) is -0.0924. The summed E-state index contributed by atoms with van der Waals surface area (Å²) in [7, 11) is 0. The number of ketones is 1. The number of anilines is 2. The minimum absolute atomic E-state index is 0.0103. The second kappa shape index (κ2) is 5.16. The molecule has 0 unspecified atom stereocenters. The quantitative estimate of drug-likeness (QED) is 0.579. The zero-order valence-corrected chi connectivity index (χ0v) is 9.69. The molecule has 0 spiro atoms. The second-order valence-corrected chi connectivity index (χ2v) is 4.00. The molecule has 5 heteroatoms. The molecule has 0 amide bonds. The largest absolute Gasteiger partial charge is 0.397 e. The molecule has 0 radical (unpaired) electrons. The van der Waals surface area contributed by atoms with Crippen molar-refractivity contribution in [2.75, 3.05) is 43.5 Å². The Bertz CT molecular complexity index is 414. The van der Waals surface area contributed by atoms with Crippen LogP contribution in [0.5, 0.6) is 0 Å². The lowest BCUT2D eigenvalue weighted by atomic mass is 10.1. The van der Waals surface area contributed by atoms with E-state index in [0.29, 0.717) is 24.5 Å². The first-order valence-electron chi connectivity index (χ1n) is 5.68. The molecule has 5 nitrogen and oxygen atoms in total. The van der Waals surface area contributed by atoms with Crippen LogP contribution in [0.3, 0.4) is 0 Å². The maximum absolute atomic E-state index is 11.4. The second-order valence-electron chi connectivity index (χ2n) is 4.00. The van der Waals surface area contributed by atoms with Gasteiger partial charge in [-0.05, 0) is 18.2 Å². The van der Waals surface area contributed by atoms with Gasteiger partial charge in [-0.3, -0.25) is 4.79 Å². The molecule has 0 atom stereocenters. The summed E-state index contributed by atoms with van der Waals surface area (Å²) < 4.78 is 5.29. The fourth-order valence-corrected chi connectivity index (χ4v) is 1.94. The topological polar surface area (TPSA) is 81.6 Å². The molecule has 1 aliphatic heterocycles. The lowest BCUT2D eigenvalue weighted by Gasteiger charge is -2.29. The Morgan fingerprint density at radius 1 is 1.35 bits per heavy atom. The normalized spacial score (nSPS) is 15.9. The Hall–Kier alpha value is -1.59. The van der Waals surface area contributed by atoms with Crippen molar-refractivity contribution < 1.29 is 9.53 Å². The summed E-state index contributed by atoms with van der Waals surface area (Å²) in [4.78, 5) is 13.6. The summed E-state index contributed by atoms with van der Waals surface area (Å²) in [6.45, 7) is 3.09. The van der Waals surface area contributed by atoms with Gasteiger partial charge in [-0.15, -0.1) is 0 Å². The van der Waals surface area contributed by atoms with E-state index >= 15 is 0 Å². The fourth-order valence-electron chi connectivity index (χ4n) is 1.94. The molecular formula is C12H17N3O2. The third-order valence-electron chi connectivity index (χ3n) is 2.89. The molecule has 1 fully saturated rings. The minimum atomic E-state index is -0.0924. The van der Waals surface area contributed by atoms with Gasteiger partial charge in [0.05, 0.1) is 31.1 Å². The van der Waals surface area contributed by atoms with Gasteiger partial charge in [0.2, 0.25) is 0 Å². The van der Waals surface area contributed by atoms with Crippen LogP contribution in [-0.2, 0) is 4.74 Å². The van der Waals surface area contributed by atoms with Crippen molar-refractivity contribution in [3.63, 3.8) is 0 Å². The summed E-state index contributed by atoms with van der Waals surface area (Å²) in [6, 6.07) is 5.35. The van der Waals surface area contributed by atoms with Crippen molar-refractivity contribution in [3.05, 3.63) is 23.8 Å². The van der Waals surface area contributed by atoms with Crippen LogP contribution in [0.25, 0.3) is 0 Å². The van der Waals surface area contributed by atoms with E-state index in [1.54, 1.807) is 12.1 Å². The molecule has 0 saturated carbocycles. The molecule has 0 bridgehead atoms. The molecule has 1 aromatic rings. The number of nitrogen functional groups attached to an aromatic ring is 1. The van der Waals surface area contributed by atoms with Gasteiger partial charge in [-0.2, -0.15) is 0 Å². The highest BCUT2D eigenvalue weighted by Gasteiger charge is 2.14. The number of ether oxygens (including phenoxy) is 1. The highest BCUT2D eigenvalue weighted by molar-refractivity contribution is 5.99. The van der Waals surface area contributed by atoms with Crippen molar-refractivity contribution in [2.24, 2.45) is 5.73 Å². The number of rotatable bonds is 3. The molecule has 1 saturated heterocycles. The molecule has 1 aliphatic rings. The molecule has 0 aromatic heterocycles. The number of carbonyl (C=O) groups excluding carboxylic acids is 1. The molecule has 1 heterocycles. The molecule has 17 heavy (non-hydrogen) atoms. The highest BCUT2D eigenvalue weighted by Crippen LogP contribution is 2.25. The van der Waals surface area contributed by atoms with Crippen LogP contribution in [0.15, 0.2) is 18.2 Å². The molecule has 0 aliphatic carbocycles. The van der Waals surface area contributed by atoms with Crippen LogP contribution in [-0.4, -0.2) is 38.6 Å². The number of carbonyl (C=O) groups is 1. The van der Waals surface area contributed by atoms with E-state index in [1.165, 1.54) is 0 Å². The number of nitrogens with two attached hydrogens (primary N) is 2. The number of hydrogen-bond donors (Lipinski definition) is 2. The van der Waals surface area contributed by atoms with E-state index in [4.69, 9.17) is 16.2 Å². The Balaban J connectivity index is 2.21. The Morgan fingerprint density at radius 2 is 2.06 bits per heavy atom. The summed E-state index contributed by atoms with van der Waals surface area (Å²) in [5, 5.41) is 0. The van der Waals surface area contributed by atoms with Crippen molar-refractivity contribution >= 4 is 17.2 Å². The van der Waals surface area contributed by atoms with Crippen LogP contribution in [0.4, 0.5) is 11.4 Å². The van der Waals surface area contributed by atoms with Gasteiger partial charge in [0.1, 0.15) is 0 Å². The number of morpholine rings is 1. The van der Waals surface area contributed by atoms with Gasteiger partial charge >= 0.3 is 0 Å². The number of Topliss-reactive ketones (excluding diaryl/α,β-unsaturated/α-hetero) is 1. The summed E-state index contributed by atoms with van der Waals surface area (Å²) in [5.41, 5.74) is 13.4. The van der Waals surface area contributed by atoms with Crippen molar-refractivity contribution in [1.29, 1.82) is 0 Å². The molecule has 2 rings (SSSR count). The van der Waals surface area contributed by atoms with Crippen LogP contribution in [0.1, 0.15) is 10.4 Å². The van der Waals surface area contributed by atoms with Gasteiger partial charge in [0, 0.05) is 18.7 Å². The van der Waals surface area contributed by atoms with Gasteiger partial charge in [-0.1, -0.05) is 0 Å². The summed E-state index contributed by atoms with van der Waals surface area (Å²) in [6.07, 6.45) is 0. The first-order chi connectivity index (χ1) is 8.22. The van der Waals surface area contributed by atoms with E-state index < -0.39 is 0 Å². The zero-order valence-electron chi connectivity index (χ0n) is 9.69. The average Bonchev–Trinajstić information content (AvgIpc) is 2.38. The van der Waals surface area contributed by atoms with E-state index in [9.17, 15) is 4.79 Å². The average molecular weight is 235 g/mol. The van der Waals surface area contributed by atoms with Gasteiger partial charge in [-0.25, -0.2) is 0 Å². The lowest BCUT2D eigenvalue weighted by molar-refractivity contribution is 0.100. The van der Waals surface area contributed by atoms with Gasteiger partial charge in [0.15, 0.2) is 5.78 Å². The maximum Gasteiger partial charge on any atom is 0.176 e. The van der Waals surface area contributed by atoms with E-state index in [-0.39, 0.29) is 12.3 Å². The van der Waals surface area contributed by atoms with Crippen LogP contribution in [0.2, 0.25) is 0 Å². The maximum atomic E-state index is 11.4. The zero-order chi connectivity index (χ0) is 12.3. The third kappa shape index (κ3) is 2.57. The molecular weight excluding hydrogens is 218 g/mol. The standard InChI is InChI=1S/C12H17N3O2/c13-8-12(16)9-1-2-11(10(14)7-9)15-3-5-17-6-4-15/h1-2,7H,3-6,8,13-14H2. The summed E-state index contributed by atoms with van der Waals surface area (Å²) >= 11 is 0. The Kier molecular flexibility index (Phi) is 3.61. The van der Waals surface area contributed by atoms with E-state index in [2.05, 4.69) is 4.90 Å². The van der Waals surface area contributed by atoms with Gasteiger partial charge in [0.25, 0.3) is 0 Å². The molecule has 92 valence electrons. The Labute approximate surface area is 100 Å². The predicted octanol–water partition coefficient (Wildman–Crippen LogP) is 0.247. The first-order valence-corrected chi connectivity index (χ1v) is 5.68. The lowest BCUT2D eigenvalue weighted by Crippen LogP contribution is -2.36. The fraction of sp³-hybridized carbons (Fsp3) is 0.417. The number of hydrogen-bond acceptors (Lipinski definition) is 5. The third-order valence-corrected chi connectivity index (χ3v) is 2.89. The van der Waals surface area contributed by atoms with Crippen molar-refractivity contribution in [1.82, 2.24) is 0 Å². The smallest absolute Gasteiger partial charge is 0.176 e. The first kappa shape index (κ1) is 11.9.